The molecular weight excluding hydrogens is 481 g/mol. The van der Waals surface area contributed by atoms with Crippen LogP contribution < -0.4 is 3.27 Å². The molecule has 124 valence electrons. The summed E-state index contributed by atoms with van der Waals surface area (Å²) in [6.45, 7) is 0. The van der Waals surface area contributed by atoms with Crippen molar-refractivity contribution in [2.45, 2.75) is 71.5 Å². The van der Waals surface area contributed by atoms with Crippen LogP contribution in [0.4, 0.5) is 0 Å². The van der Waals surface area contributed by atoms with Crippen LogP contribution in [0.25, 0.3) is 0 Å². The Balaban J connectivity index is 0.000000545. The van der Waals surface area contributed by atoms with Gasteiger partial charge in [0.1, 0.15) is 10.5 Å². The van der Waals surface area contributed by atoms with Gasteiger partial charge < -0.3 is 4.43 Å². The summed E-state index contributed by atoms with van der Waals surface area (Å²) in [6.07, 6.45) is 15.4. The molecule has 1 nitrogen and oxygen atoms in total. The fraction of sp³-hybridized carbons (Fsp3) is 0.684. The third-order valence-electron chi connectivity index (χ3n) is 4.99. The van der Waals surface area contributed by atoms with Crippen LogP contribution in [0.1, 0.15) is 64.2 Å². The van der Waals surface area contributed by atoms with Gasteiger partial charge in [0, 0.05) is 7.11 Å². The van der Waals surface area contributed by atoms with Crippen LogP contribution in [-0.2, 0) is 4.43 Å². The first-order chi connectivity index (χ1) is 10.9. The molecule has 0 aromatic heterocycles. The van der Waals surface area contributed by atoms with E-state index in [1.807, 2.05) is 3.27 Å². The van der Waals surface area contributed by atoms with Crippen molar-refractivity contribution in [1.82, 2.24) is 0 Å². The molecule has 0 N–H and O–H groups in total. The predicted molar refractivity (Wildman–Crippen MR) is 102 cm³/mol. The molecule has 0 saturated heterocycles. The maximum atomic E-state index is 4.39. The summed E-state index contributed by atoms with van der Waals surface area (Å²) >= 11 is -1.51. The summed E-state index contributed by atoms with van der Waals surface area (Å²) in [5.41, 5.74) is 0. The van der Waals surface area contributed by atoms with E-state index < -0.39 is 21.8 Å². The van der Waals surface area contributed by atoms with E-state index in [-0.39, 0.29) is 0 Å². The molecule has 0 spiro atoms. The molecule has 0 unspecified atom stereocenters. The van der Waals surface area contributed by atoms with Gasteiger partial charge in [0.25, 0.3) is 0 Å². The average molecular weight is 515 g/mol. The van der Waals surface area contributed by atoms with Crippen LogP contribution in [-0.4, -0.2) is 39.3 Å². The number of hydrogen-bond acceptors (Lipinski definition) is 1. The predicted octanol–water partition coefficient (Wildman–Crippen LogP) is 3.97. The Morgan fingerprint density at radius 1 is 0.818 bits per heavy atom. The number of rotatable bonds is 3. The summed E-state index contributed by atoms with van der Waals surface area (Å²) in [5.74, 6) is 0. The van der Waals surface area contributed by atoms with Crippen LogP contribution in [0.5, 0.6) is 0 Å². The molecule has 2 saturated carbocycles. The summed E-state index contributed by atoms with van der Waals surface area (Å²) < 4.78 is 8.58. The number of hydrogen-bond donors (Lipinski definition) is 0. The van der Waals surface area contributed by atoms with Crippen LogP contribution in [0, 0.1) is 0 Å². The minimum absolute atomic E-state index is 0.869. The van der Waals surface area contributed by atoms with Crippen molar-refractivity contribution < 1.29 is 4.43 Å². The van der Waals surface area contributed by atoms with E-state index in [0.29, 0.717) is 0 Å². The molecule has 2 aliphatic rings. The molecule has 0 radical (unpaired) electrons. The molecule has 1 aromatic rings. The zero-order valence-electron chi connectivity index (χ0n) is 14.5. The average Bonchev–Trinajstić information content (AvgIpc) is 2.59. The Bertz CT molecular complexity index is 368. The third kappa shape index (κ3) is 5.73. The second-order valence-electron chi connectivity index (χ2n) is 6.73. The Morgan fingerprint density at radius 2 is 1.23 bits per heavy atom. The molecule has 3 heteroatoms. The SMILES string of the molecule is CO[SiH3].c1cc[c]([Bi]([CH]2CCCCC2)[CH]2CCCCC2)cc1. The van der Waals surface area contributed by atoms with E-state index in [2.05, 4.69) is 34.8 Å². The van der Waals surface area contributed by atoms with Crippen molar-refractivity contribution in [1.29, 1.82) is 0 Å². The second kappa shape index (κ2) is 10.9. The fourth-order valence-corrected chi connectivity index (χ4v) is 18.8. The first-order valence-electron chi connectivity index (χ1n) is 9.10. The van der Waals surface area contributed by atoms with Gasteiger partial charge in [0.15, 0.2) is 0 Å². The van der Waals surface area contributed by atoms with Gasteiger partial charge in [-0.05, 0) is 0 Å². The van der Waals surface area contributed by atoms with Crippen LogP contribution in [0.3, 0.4) is 0 Å². The second-order valence-corrected chi connectivity index (χ2v) is 18.4. The summed E-state index contributed by atoms with van der Waals surface area (Å²) in [5, 5.41) is 0. The molecule has 0 heterocycles. The van der Waals surface area contributed by atoms with Gasteiger partial charge in [-0.3, -0.25) is 0 Å². The summed E-state index contributed by atoms with van der Waals surface area (Å²) in [7, 11) is 2.56. The van der Waals surface area contributed by atoms with Crippen molar-refractivity contribution in [3.8, 4) is 0 Å². The van der Waals surface area contributed by atoms with E-state index in [9.17, 15) is 0 Å². The van der Waals surface area contributed by atoms with Crippen LogP contribution in [0.15, 0.2) is 30.3 Å². The molecule has 3 rings (SSSR count). The molecule has 2 aliphatic carbocycles. The number of benzene rings is 1. The van der Waals surface area contributed by atoms with Gasteiger partial charge in [-0.25, -0.2) is 0 Å². The molecule has 0 aliphatic heterocycles. The first kappa shape index (κ1) is 18.6. The Hall–Kier alpha value is 0.280. The summed E-state index contributed by atoms with van der Waals surface area (Å²) in [4.78, 5) is 0. The van der Waals surface area contributed by atoms with Crippen molar-refractivity contribution >= 4 is 35.5 Å². The monoisotopic (exact) mass is 514 g/mol. The van der Waals surface area contributed by atoms with Crippen molar-refractivity contribution in [2.24, 2.45) is 0 Å². The van der Waals surface area contributed by atoms with Crippen molar-refractivity contribution in [2.75, 3.05) is 7.11 Å². The Labute approximate surface area is 148 Å². The van der Waals surface area contributed by atoms with E-state index in [1.54, 1.807) is 32.8 Å². The molecule has 0 bridgehead atoms. The van der Waals surface area contributed by atoms with E-state index >= 15 is 0 Å². The molecule has 2 fully saturated rings. The fourth-order valence-electron chi connectivity index (χ4n) is 4.04. The van der Waals surface area contributed by atoms with Gasteiger partial charge >= 0.3 is 127 Å². The van der Waals surface area contributed by atoms with E-state index in [0.717, 1.165) is 10.5 Å². The Morgan fingerprint density at radius 3 is 1.64 bits per heavy atom. The molecule has 22 heavy (non-hydrogen) atoms. The molecule has 0 atom stereocenters. The standard InChI is InChI=1S/2C6H11.C6H5.CH6OSi.Bi/c3*1-2-4-6-5-3-1;1-2-3;/h2*1H,2-6H2;1-5H;1,3H3;. The van der Waals surface area contributed by atoms with Crippen LogP contribution in [0.2, 0.25) is 7.25 Å². The third-order valence-corrected chi connectivity index (χ3v) is 18.6. The normalized spacial score (nSPS) is 20.6. The Kier molecular flexibility index (Phi) is 9.26. The summed E-state index contributed by atoms with van der Waals surface area (Å²) in [6, 6.07) is 11.8. The zero-order valence-corrected chi connectivity index (χ0v) is 19.9. The first-order valence-corrected chi connectivity index (χ1v) is 15.7. The van der Waals surface area contributed by atoms with E-state index in [1.165, 1.54) is 45.8 Å². The minimum atomic E-state index is -1.51. The van der Waals surface area contributed by atoms with Crippen molar-refractivity contribution in [3.63, 3.8) is 0 Å². The van der Waals surface area contributed by atoms with Gasteiger partial charge in [-0.1, -0.05) is 0 Å². The van der Waals surface area contributed by atoms with Gasteiger partial charge in [-0.2, -0.15) is 0 Å². The quantitative estimate of drug-likeness (QED) is 0.555. The topological polar surface area (TPSA) is 9.23 Å². The van der Waals surface area contributed by atoms with Crippen LogP contribution >= 0.6 is 0 Å². The van der Waals surface area contributed by atoms with Gasteiger partial charge in [-0.15, -0.1) is 0 Å². The molecular formula is C19H33BiOSi. The molecule has 1 aromatic carbocycles. The van der Waals surface area contributed by atoms with E-state index in [4.69, 9.17) is 0 Å². The zero-order chi connectivity index (χ0) is 15.6. The van der Waals surface area contributed by atoms with Gasteiger partial charge in [0.2, 0.25) is 0 Å². The van der Waals surface area contributed by atoms with Crippen molar-refractivity contribution in [3.05, 3.63) is 30.3 Å². The van der Waals surface area contributed by atoms with Gasteiger partial charge in [0.05, 0.1) is 0 Å². The maximum absolute atomic E-state index is 4.39. The molecule has 0 amide bonds.